The van der Waals surface area contributed by atoms with Crippen molar-refractivity contribution >= 4 is 15.9 Å². The number of rotatable bonds is 2. The van der Waals surface area contributed by atoms with Crippen molar-refractivity contribution in [3.05, 3.63) is 41.6 Å². The molecule has 2 rings (SSSR count). The second kappa shape index (κ2) is 4.10. The van der Waals surface area contributed by atoms with Gasteiger partial charge in [-0.05, 0) is 12.1 Å². The molecule has 78 valence electrons. The third-order valence-electron chi connectivity index (χ3n) is 1.91. The van der Waals surface area contributed by atoms with Crippen LogP contribution in [0.5, 0.6) is 0 Å². The van der Waals surface area contributed by atoms with E-state index in [2.05, 4.69) is 21.1 Å². The Balaban J connectivity index is 2.49. The Bertz CT molecular complexity index is 484. The van der Waals surface area contributed by atoms with E-state index >= 15 is 0 Å². The SMILES string of the molecule is Fc1cccc(-c2cc(CBr)no2)c1F. The van der Waals surface area contributed by atoms with Crippen molar-refractivity contribution in [2.24, 2.45) is 0 Å². The average Bonchev–Trinajstić information content (AvgIpc) is 2.70. The lowest BCUT2D eigenvalue weighted by atomic mass is 10.1. The van der Waals surface area contributed by atoms with Gasteiger partial charge in [0.1, 0.15) is 0 Å². The molecule has 1 aromatic heterocycles. The molecule has 0 N–H and O–H groups in total. The molecule has 0 saturated carbocycles. The fraction of sp³-hybridized carbons (Fsp3) is 0.100. The Hall–Kier alpha value is -1.23. The van der Waals surface area contributed by atoms with Crippen LogP contribution in [0.1, 0.15) is 5.69 Å². The Kier molecular flexibility index (Phi) is 2.81. The maximum Gasteiger partial charge on any atom is 0.170 e. The smallest absolute Gasteiger partial charge is 0.170 e. The minimum Gasteiger partial charge on any atom is -0.356 e. The first-order chi connectivity index (χ1) is 7.22. The van der Waals surface area contributed by atoms with Crippen LogP contribution in [0.2, 0.25) is 0 Å². The first-order valence-corrected chi connectivity index (χ1v) is 5.30. The molecule has 5 heteroatoms. The molecule has 1 heterocycles. The van der Waals surface area contributed by atoms with Gasteiger partial charge in [-0.15, -0.1) is 0 Å². The molecule has 0 atom stereocenters. The van der Waals surface area contributed by atoms with Gasteiger partial charge in [-0.2, -0.15) is 0 Å². The fourth-order valence-corrected chi connectivity index (χ4v) is 1.46. The molecule has 1 aromatic carbocycles. The highest BCUT2D eigenvalue weighted by molar-refractivity contribution is 9.08. The first kappa shape index (κ1) is 10.3. The van der Waals surface area contributed by atoms with Crippen LogP contribution >= 0.6 is 15.9 Å². The lowest BCUT2D eigenvalue weighted by Gasteiger charge is -1.97. The molecular weight excluding hydrogens is 268 g/mol. The van der Waals surface area contributed by atoms with Crippen molar-refractivity contribution in [2.75, 3.05) is 0 Å². The summed E-state index contributed by atoms with van der Waals surface area (Å²) in [6, 6.07) is 5.48. The Morgan fingerprint density at radius 2 is 2.13 bits per heavy atom. The molecule has 0 bridgehead atoms. The predicted molar refractivity (Wildman–Crippen MR) is 54.5 cm³/mol. The lowest BCUT2D eigenvalue weighted by molar-refractivity contribution is 0.422. The van der Waals surface area contributed by atoms with Gasteiger partial charge < -0.3 is 4.52 Å². The van der Waals surface area contributed by atoms with E-state index in [1.165, 1.54) is 12.1 Å². The number of halogens is 3. The van der Waals surface area contributed by atoms with E-state index in [-0.39, 0.29) is 11.3 Å². The minimum atomic E-state index is -0.922. The topological polar surface area (TPSA) is 26.0 Å². The third-order valence-corrected chi connectivity index (χ3v) is 2.49. The molecular formula is C10H6BrF2NO. The molecule has 0 amide bonds. The number of nitrogens with zero attached hydrogens (tertiary/aromatic N) is 1. The molecule has 0 fully saturated rings. The molecule has 0 spiro atoms. The Morgan fingerprint density at radius 3 is 2.80 bits per heavy atom. The van der Waals surface area contributed by atoms with Gasteiger partial charge >= 0.3 is 0 Å². The predicted octanol–water partition coefficient (Wildman–Crippen LogP) is 3.51. The summed E-state index contributed by atoms with van der Waals surface area (Å²) in [5, 5.41) is 4.18. The minimum absolute atomic E-state index is 0.0784. The van der Waals surface area contributed by atoms with Crippen LogP contribution < -0.4 is 0 Å². The number of aromatic nitrogens is 1. The third kappa shape index (κ3) is 1.92. The summed E-state index contributed by atoms with van der Waals surface area (Å²) in [5.41, 5.74) is 0.711. The quantitative estimate of drug-likeness (QED) is 0.783. The maximum absolute atomic E-state index is 13.3. The van der Waals surface area contributed by atoms with Crippen molar-refractivity contribution in [3.8, 4) is 11.3 Å². The summed E-state index contributed by atoms with van der Waals surface area (Å²) < 4.78 is 31.1. The second-order valence-electron chi connectivity index (χ2n) is 2.92. The van der Waals surface area contributed by atoms with Crippen molar-refractivity contribution in [1.82, 2.24) is 5.16 Å². The standard InChI is InChI=1S/C10H6BrF2NO/c11-5-6-4-9(15-14-6)7-2-1-3-8(12)10(7)13/h1-4H,5H2. The zero-order chi connectivity index (χ0) is 10.8. The van der Waals surface area contributed by atoms with Crippen molar-refractivity contribution in [3.63, 3.8) is 0 Å². The van der Waals surface area contributed by atoms with Crippen LogP contribution in [0.3, 0.4) is 0 Å². The zero-order valence-corrected chi connectivity index (χ0v) is 9.09. The van der Waals surface area contributed by atoms with Crippen molar-refractivity contribution < 1.29 is 13.3 Å². The summed E-state index contributed by atoms with van der Waals surface area (Å²) in [5.74, 6) is -1.60. The maximum atomic E-state index is 13.3. The van der Waals surface area contributed by atoms with E-state index in [0.717, 1.165) is 6.07 Å². The van der Waals surface area contributed by atoms with Gasteiger partial charge in [0.15, 0.2) is 17.4 Å². The van der Waals surface area contributed by atoms with E-state index in [0.29, 0.717) is 11.0 Å². The highest BCUT2D eigenvalue weighted by Crippen LogP contribution is 2.25. The van der Waals surface area contributed by atoms with Gasteiger partial charge in [0.2, 0.25) is 0 Å². The molecule has 2 aromatic rings. The number of benzene rings is 1. The number of hydrogen-bond acceptors (Lipinski definition) is 2. The van der Waals surface area contributed by atoms with E-state index in [4.69, 9.17) is 4.52 Å². The number of hydrogen-bond donors (Lipinski definition) is 0. The number of alkyl halides is 1. The van der Waals surface area contributed by atoms with Gasteiger partial charge in [-0.1, -0.05) is 27.2 Å². The second-order valence-corrected chi connectivity index (χ2v) is 3.48. The van der Waals surface area contributed by atoms with Crippen LogP contribution in [0.15, 0.2) is 28.8 Å². The lowest BCUT2D eigenvalue weighted by Crippen LogP contribution is -1.87. The zero-order valence-electron chi connectivity index (χ0n) is 7.51. The van der Waals surface area contributed by atoms with Crippen LogP contribution in [0.25, 0.3) is 11.3 Å². The van der Waals surface area contributed by atoms with Crippen LogP contribution in [0.4, 0.5) is 8.78 Å². The molecule has 2 nitrogen and oxygen atoms in total. The molecule has 0 unspecified atom stereocenters. The van der Waals surface area contributed by atoms with E-state index in [9.17, 15) is 8.78 Å². The van der Waals surface area contributed by atoms with Crippen LogP contribution in [0, 0.1) is 11.6 Å². The molecule has 0 aliphatic heterocycles. The summed E-state index contributed by atoms with van der Waals surface area (Å²) in [6.45, 7) is 0. The summed E-state index contributed by atoms with van der Waals surface area (Å²) in [6.07, 6.45) is 0. The Labute approximate surface area is 93.0 Å². The van der Waals surface area contributed by atoms with Crippen LogP contribution in [-0.4, -0.2) is 5.16 Å². The summed E-state index contributed by atoms with van der Waals surface area (Å²) in [4.78, 5) is 0. The van der Waals surface area contributed by atoms with E-state index < -0.39 is 11.6 Å². The first-order valence-electron chi connectivity index (χ1n) is 4.18. The molecule has 15 heavy (non-hydrogen) atoms. The van der Waals surface area contributed by atoms with Gasteiger partial charge in [-0.25, -0.2) is 8.78 Å². The van der Waals surface area contributed by atoms with Gasteiger partial charge in [-0.3, -0.25) is 0 Å². The van der Waals surface area contributed by atoms with Crippen molar-refractivity contribution in [2.45, 2.75) is 5.33 Å². The highest BCUT2D eigenvalue weighted by Gasteiger charge is 2.13. The largest absolute Gasteiger partial charge is 0.356 e. The van der Waals surface area contributed by atoms with Crippen LogP contribution in [-0.2, 0) is 5.33 Å². The molecule has 0 radical (unpaired) electrons. The van der Waals surface area contributed by atoms with E-state index in [1.807, 2.05) is 0 Å². The Morgan fingerprint density at radius 1 is 1.33 bits per heavy atom. The average molecular weight is 274 g/mol. The fourth-order valence-electron chi connectivity index (χ4n) is 1.20. The normalized spacial score (nSPS) is 10.6. The summed E-state index contributed by atoms with van der Waals surface area (Å²) in [7, 11) is 0. The van der Waals surface area contributed by atoms with Gasteiger partial charge in [0.05, 0.1) is 11.3 Å². The molecule has 0 aliphatic rings. The monoisotopic (exact) mass is 273 g/mol. The van der Waals surface area contributed by atoms with E-state index in [1.54, 1.807) is 6.07 Å². The van der Waals surface area contributed by atoms with Gasteiger partial charge in [0, 0.05) is 11.4 Å². The highest BCUT2D eigenvalue weighted by atomic mass is 79.9. The molecule has 0 aliphatic carbocycles. The van der Waals surface area contributed by atoms with Gasteiger partial charge in [0.25, 0.3) is 0 Å². The van der Waals surface area contributed by atoms with Crippen molar-refractivity contribution in [1.29, 1.82) is 0 Å². The molecule has 0 saturated heterocycles. The summed E-state index contributed by atoms with van der Waals surface area (Å²) >= 11 is 3.19.